The molecule has 0 atom stereocenters. The number of rotatable bonds is 4. The molecule has 110 valence electrons. The molecule has 22 heavy (non-hydrogen) atoms. The first-order valence-electron chi connectivity index (χ1n) is 11.4. The second kappa shape index (κ2) is 6.57. The maximum Gasteiger partial charge on any atom is 0.0708 e. The van der Waals surface area contributed by atoms with Crippen molar-refractivity contribution in [3.63, 3.8) is 0 Å². The fraction of sp³-hybridized carbons (Fsp3) is 0.190. The Kier molecular flexibility index (Phi) is 2.16. The van der Waals surface area contributed by atoms with E-state index in [1.807, 2.05) is 36.4 Å². The molecule has 2 aromatic carbocycles. The van der Waals surface area contributed by atoms with E-state index in [1.54, 1.807) is 18.3 Å². The molecule has 1 nitrogen and oxygen atoms in total. The Morgan fingerprint density at radius 1 is 0.955 bits per heavy atom. The molecule has 3 rings (SSSR count). The van der Waals surface area contributed by atoms with Gasteiger partial charge >= 0.3 is 0 Å². The van der Waals surface area contributed by atoms with Crippen LogP contribution in [0.3, 0.4) is 0 Å². The van der Waals surface area contributed by atoms with Gasteiger partial charge in [-0.25, -0.2) is 0 Å². The van der Waals surface area contributed by atoms with Crippen LogP contribution in [0.2, 0.25) is 0 Å². The van der Waals surface area contributed by atoms with Gasteiger partial charge in [-0.05, 0) is 41.1 Å². The third-order valence-corrected chi connectivity index (χ3v) is 3.29. The monoisotopic (exact) mass is 296 g/mol. The van der Waals surface area contributed by atoms with Gasteiger partial charge in [-0.1, -0.05) is 68.3 Å². The molecule has 3 aromatic rings. The number of nitrogens with zero attached hydrogens (tertiary/aromatic N) is 1. The van der Waals surface area contributed by atoms with Crippen LogP contribution in [0.5, 0.6) is 0 Å². The van der Waals surface area contributed by atoms with Gasteiger partial charge in [-0.2, -0.15) is 0 Å². The molecule has 0 aliphatic rings. The van der Waals surface area contributed by atoms with E-state index < -0.39 is 26.0 Å². The van der Waals surface area contributed by atoms with Crippen LogP contribution in [0.15, 0.2) is 72.9 Å². The summed E-state index contributed by atoms with van der Waals surface area (Å²) in [5.74, 6) is -3.35. The third-order valence-electron chi connectivity index (χ3n) is 3.29. The Hall–Kier alpha value is -2.41. The summed E-state index contributed by atoms with van der Waals surface area (Å²) in [5, 5.41) is 0. The van der Waals surface area contributed by atoms with Crippen LogP contribution in [-0.2, 0) is 6.37 Å². The van der Waals surface area contributed by atoms with Crippen LogP contribution < -0.4 is 0 Å². The number of aromatic nitrogens is 1. The molecule has 0 bridgehead atoms. The van der Waals surface area contributed by atoms with Crippen molar-refractivity contribution in [3.8, 4) is 22.4 Å². The van der Waals surface area contributed by atoms with Gasteiger partial charge in [0.05, 0.1) is 5.69 Å². The maximum absolute atomic E-state index is 8.42. The predicted octanol–water partition coefficient (Wildman–Crippen LogP) is 5.61. The highest BCUT2D eigenvalue weighted by Crippen LogP contribution is 2.25. The first-order chi connectivity index (χ1) is 14.3. The van der Waals surface area contributed by atoms with Crippen molar-refractivity contribution in [2.45, 2.75) is 20.1 Å². The van der Waals surface area contributed by atoms with E-state index in [2.05, 4.69) is 4.98 Å². The van der Waals surface area contributed by atoms with Gasteiger partial charge in [0.1, 0.15) is 0 Å². The fourth-order valence-corrected chi connectivity index (χ4v) is 2.30. The molecule has 0 N–H and O–H groups in total. The molecule has 0 fully saturated rings. The topological polar surface area (TPSA) is 12.9 Å². The van der Waals surface area contributed by atoms with E-state index in [0.29, 0.717) is 16.8 Å². The molecule has 0 saturated heterocycles. The smallest absolute Gasteiger partial charge is 0.0708 e. The highest BCUT2D eigenvalue weighted by molar-refractivity contribution is 5.70. The molecule has 1 heterocycles. The SMILES string of the molecule is [2H]C([2H])([2H])C([2H])(C([2H])([2H])[2H])C([2H])([2H])c1cccc(-c2ccnc(-c3ccccc3)c2)c1. The van der Waals surface area contributed by atoms with Crippen LogP contribution in [0.25, 0.3) is 22.4 Å². The third kappa shape index (κ3) is 3.43. The molecule has 0 aliphatic carbocycles. The Labute approximate surface area is 145 Å². The van der Waals surface area contributed by atoms with Gasteiger partial charge in [0.2, 0.25) is 0 Å². The average Bonchev–Trinajstić information content (AvgIpc) is 2.72. The zero-order valence-electron chi connectivity index (χ0n) is 20.9. The minimum Gasteiger partial charge on any atom is -0.256 e. The molecule has 0 amide bonds. The van der Waals surface area contributed by atoms with Crippen molar-refractivity contribution in [2.24, 2.45) is 5.89 Å². The number of benzene rings is 2. The second-order valence-electron chi connectivity index (χ2n) is 4.88. The molecule has 0 aliphatic heterocycles. The molecule has 0 unspecified atom stereocenters. The summed E-state index contributed by atoms with van der Waals surface area (Å²) in [6.07, 6.45) is -1.37. The van der Waals surface area contributed by atoms with E-state index >= 15 is 0 Å². The van der Waals surface area contributed by atoms with Crippen molar-refractivity contribution in [1.29, 1.82) is 0 Å². The van der Waals surface area contributed by atoms with Crippen LogP contribution in [-0.4, -0.2) is 4.98 Å². The van der Waals surface area contributed by atoms with Crippen molar-refractivity contribution in [1.82, 2.24) is 4.98 Å². The minimum absolute atomic E-state index is 0.190. The Morgan fingerprint density at radius 3 is 2.55 bits per heavy atom. The van der Waals surface area contributed by atoms with Gasteiger partial charge in [-0.3, -0.25) is 4.98 Å². The Balaban J connectivity index is 2.10. The number of hydrogen-bond acceptors (Lipinski definition) is 1. The molecular weight excluding hydrogens is 266 g/mol. The van der Waals surface area contributed by atoms with E-state index in [-0.39, 0.29) is 5.56 Å². The summed E-state index contributed by atoms with van der Waals surface area (Å²) in [5.41, 5.74) is 2.66. The van der Waals surface area contributed by atoms with Crippen molar-refractivity contribution < 1.29 is 12.3 Å². The first kappa shape index (κ1) is 7.23. The summed E-state index contributed by atoms with van der Waals surface area (Å²) in [6, 6.07) is 18.9. The molecule has 0 saturated carbocycles. The molecular formula is C21H21N. The molecule has 0 radical (unpaired) electrons. The summed E-state index contributed by atoms with van der Waals surface area (Å²) >= 11 is 0. The summed E-state index contributed by atoms with van der Waals surface area (Å²) in [7, 11) is 0. The lowest BCUT2D eigenvalue weighted by Gasteiger charge is -2.09. The van der Waals surface area contributed by atoms with Crippen LogP contribution in [0.1, 0.15) is 31.6 Å². The highest BCUT2D eigenvalue weighted by Gasteiger charge is 2.04. The van der Waals surface area contributed by atoms with Gasteiger partial charge in [0.25, 0.3) is 0 Å². The molecule has 0 spiro atoms. The van der Waals surface area contributed by atoms with Gasteiger partial charge in [0.15, 0.2) is 0 Å². The zero-order chi connectivity index (χ0) is 23.1. The first-order valence-corrected chi connectivity index (χ1v) is 6.91. The summed E-state index contributed by atoms with van der Waals surface area (Å²) in [4.78, 5) is 4.36. The summed E-state index contributed by atoms with van der Waals surface area (Å²) < 4.78 is 70.9. The Bertz CT molecular complexity index is 1040. The van der Waals surface area contributed by atoms with E-state index in [4.69, 9.17) is 12.3 Å². The van der Waals surface area contributed by atoms with Crippen LogP contribution in [0.4, 0.5) is 0 Å². The largest absolute Gasteiger partial charge is 0.256 e. The molecule has 1 heteroatoms. The molecule has 1 aromatic heterocycles. The standard InChI is InChI=1S/C21H21N/c1-16(2)13-17-7-6-10-19(14-17)20-11-12-22-21(15-20)18-8-4-3-5-9-18/h3-12,14-16H,13H2,1-2H3/i1D3,2D3,13D2,16D. The van der Waals surface area contributed by atoms with Crippen molar-refractivity contribution in [3.05, 3.63) is 78.5 Å². The zero-order valence-corrected chi connectivity index (χ0v) is 11.9. The van der Waals surface area contributed by atoms with Crippen molar-refractivity contribution >= 4 is 0 Å². The second-order valence-corrected chi connectivity index (χ2v) is 4.88. The number of pyridine rings is 1. The van der Waals surface area contributed by atoms with Crippen molar-refractivity contribution in [2.75, 3.05) is 0 Å². The highest BCUT2D eigenvalue weighted by atomic mass is 14.7. The lowest BCUT2D eigenvalue weighted by atomic mass is 9.97. The number of hydrogen-bond donors (Lipinski definition) is 0. The van der Waals surface area contributed by atoms with Gasteiger partial charge in [-0.15, -0.1) is 0 Å². The van der Waals surface area contributed by atoms with Crippen LogP contribution >= 0.6 is 0 Å². The minimum atomic E-state index is -3.38. The lowest BCUT2D eigenvalue weighted by Crippen LogP contribution is -1.94. The van der Waals surface area contributed by atoms with Crippen LogP contribution in [0, 0.1) is 5.89 Å². The Morgan fingerprint density at radius 2 is 1.73 bits per heavy atom. The normalized spacial score (nSPS) is 19.2. The predicted molar refractivity (Wildman–Crippen MR) is 93.7 cm³/mol. The maximum atomic E-state index is 8.42. The van der Waals surface area contributed by atoms with E-state index in [1.165, 1.54) is 18.2 Å². The average molecular weight is 296 g/mol. The fourth-order valence-electron chi connectivity index (χ4n) is 2.30. The van der Waals surface area contributed by atoms with Gasteiger partial charge in [0, 0.05) is 24.1 Å². The van der Waals surface area contributed by atoms with E-state index in [0.717, 1.165) is 5.56 Å². The van der Waals surface area contributed by atoms with Gasteiger partial charge < -0.3 is 0 Å². The quantitative estimate of drug-likeness (QED) is 0.609. The lowest BCUT2D eigenvalue weighted by molar-refractivity contribution is 0.647. The summed E-state index contributed by atoms with van der Waals surface area (Å²) in [6.45, 7) is -6.76. The van der Waals surface area contributed by atoms with E-state index in [9.17, 15) is 0 Å².